The number of para-hydroxylation sites is 2. The predicted octanol–water partition coefficient (Wildman–Crippen LogP) is 4.04. The van der Waals surface area contributed by atoms with Gasteiger partial charge in [-0.2, -0.15) is 0 Å². The summed E-state index contributed by atoms with van der Waals surface area (Å²) in [5.41, 5.74) is 3.38. The van der Waals surface area contributed by atoms with Crippen molar-refractivity contribution in [3.8, 4) is 0 Å². The van der Waals surface area contributed by atoms with E-state index in [2.05, 4.69) is 10.6 Å². The molecular weight excluding hydrogens is 328 g/mol. The molecule has 0 spiro atoms. The molecule has 0 saturated heterocycles. The van der Waals surface area contributed by atoms with E-state index in [0.29, 0.717) is 5.69 Å². The van der Waals surface area contributed by atoms with E-state index in [1.807, 2.05) is 62.4 Å². The Morgan fingerprint density at radius 3 is 2.73 bits per heavy atom. The molecule has 2 atom stereocenters. The number of fused-ring (bicyclic) bond motifs is 2. The lowest BCUT2D eigenvalue weighted by molar-refractivity contribution is -0.126. The maximum absolute atomic E-state index is 12.9. The number of carbonyl (C=O) groups excluding carboxylic acids is 2. The van der Waals surface area contributed by atoms with Gasteiger partial charge < -0.3 is 15.1 Å². The van der Waals surface area contributed by atoms with Crippen molar-refractivity contribution >= 4 is 28.5 Å². The summed E-state index contributed by atoms with van der Waals surface area (Å²) in [6, 6.07) is 15.0. The van der Waals surface area contributed by atoms with Gasteiger partial charge in [-0.3, -0.25) is 9.59 Å². The summed E-state index contributed by atoms with van der Waals surface area (Å²) in [4.78, 5) is 24.8. The van der Waals surface area contributed by atoms with Crippen molar-refractivity contribution in [2.75, 3.05) is 5.32 Å². The summed E-state index contributed by atoms with van der Waals surface area (Å²) >= 11 is 0. The molecule has 4 rings (SSSR count). The number of nitrogens with one attached hydrogen (secondary N) is 2. The Hall–Kier alpha value is -3.08. The molecule has 132 valence electrons. The summed E-state index contributed by atoms with van der Waals surface area (Å²) in [7, 11) is 0. The predicted molar refractivity (Wildman–Crippen MR) is 99.9 cm³/mol. The van der Waals surface area contributed by atoms with Crippen molar-refractivity contribution in [3.63, 3.8) is 0 Å². The molecule has 2 aromatic carbocycles. The van der Waals surface area contributed by atoms with Gasteiger partial charge in [0.2, 0.25) is 11.8 Å². The molecule has 2 heterocycles. The van der Waals surface area contributed by atoms with Gasteiger partial charge in [-0.1, -0.05) is 36.4 Å². The Kier molecular flexibility index (Phi) is 3.99. The van der Waals surface area contributed by atoms with E-state index in [1.165, 1.54) is 0 Å². The molecule has 5 heteroatoms. The highest BCUT2D eigenvalue weighted by Gasteiger charge is 2.31. The SMILES string of the molecule is Cc1c([C@@H](C)NC(=O)[C@@H]2CC(=O)Nc3ccccc32)oc2ccccc12. The van der Waals surface area contributed by atoms with Gasteiger partial charge >= 0.3 is 0 Å². The third-order valence-electron chi connectivity index (χ3n) is 4.95. The van der Waals surface area contributed by atoms with Crippen LogP contribution in [0.3, 0.4) is 0 Å². The van der Waals surface area contributed by atoms with Gasteiger partial charge in [0, 0.05) is 23.1 Å². The van der Waals surface area contributed by atoms with E-state index in [9.17, 15) is 9.59 Å². The maximum atomic E-state index is 12.9. The van der Waals surface area contributed by atoms with E-state index in [-0.39, 0.29) is 24.3 Å². The second-order valence-electron chi connectivity index (χ2n) is 6.71. The second kappa shape index (κ2) is 6.33. The van der Waals surface area contributed by atoms with Crippen LogP contribution < -0.4 is 10.6 Å². The zero-order chi connectivity index (χ0) is 18.3. The molecule has 3 aromatic rings. The van der Waals surface area contributed by atoms with Crippen molar-refractivity contribution in [1.82, 2.24) is 5.32 Å². The van der Waals surface area contributed by atoms with Crippen LogP contribution >= 0.6 is 0 Å². The monoisotopic (exact) mass is 348 g/mol. The van der Waals surface area contributed by atoms with Crippen molar-refractivity contribution in [2.24, 2.45) is 0 Å². The molecule has 0 fully saturated rings. The standard InChI is InChI=1S/C21H20N2O3/c1-12-14-7-4-6-10-18(14)26-20(12)13(2)22-21(25)16-11-19(24)23-17-9-5-3-8-15(16)17/h3-10,13,16H,11H2,1-2H3,(H,22,25)(H,23,24)/t13-,16-/m1/s1. The van der Waals surface area contributed by atoms with Crippen LogP contribution in [0.2, 0.25) is 0 Å². The van der Waals surface area contributed by atoms with Gasteiger partial charge in [0.25, 0.3) is 0 Å². The van der Waals surface area contributed by atoms with Gasteiger partial charge in [0.05, 0.1) is 12.0 Å². The lowest BCUT2D eigenvalue weighted by atomic mass is 9.89. The molecule has 0 aliphatic carbocycles. The van der Waals surface area contributed by atoms with Crippen LogP contribution in [0.15, 0.2) is 52.9 Å². The molecule has 0 bridgehead atoms. The van der Waals surface area contributed by atoms with Crippen LogP contribution in [0.25, 0.3) is 11.0 Å². The fraction of sp³-hybridized carbons (Fsp3) is 0.238. The number of carbonyl (C=O) groups is 2. The first-order valence-corrected chi connectivity index (χ1v) is 8.72. The van der Waals surface area contributed by atoms with Crippen LogP contribution in [-0.2, 0) is 9.59 Å². The molecule has 0 unspecified atom stereocenters. The van der Waals surface area contributed by atoms with Gasteiger partial charge in [0.15, 0.2) is 0 Å². The van der Waals surface area contributed by atoms with Gasteiger partial charge in [0.1, 0.15) is 11.3 Å². The summed E-state index contributed by atoms with van der Waals surface area (Å²) in [5, 5.41) is 6.88. The van der Waals surface area contributed by atoms with Crippen molar-refractivity contribution in [3.05, 3.63) is 65.4 Å². The Morgan fingerprint density at radius 2 is 1.92 bits per heavy atom. The third kappa shape index (κ3) is 2.75. The number of benzene rings is 2. The summed E-state index contributed by atoms with van der Waals surface area (Å²) in [5.74, 6) is -0.0590. The average Bonchev–Trinajstić information content (AvgIpc) is 2.98. The highest BCUT2D eigenvalue weighted by Crippen LogP contribution is 2.34. The third-order valence-corrected chi connectivity index (χ3v) is 4.95. The number of amides is 2. The van der Waals surface area contributed by atoms with Crippen molar-refractivity contribution in [2.45, 2.75) is 32.2 Å². The summed E-state index contributed by atoms with van der Waals surface area (Å²) in [6.07, 6.45) is 0.147. The molecule has 26 heavy (non-hydrogen) atoms. The van der Waals surface area contributed by atoms with Crippen LogP contribution in [-0.4, -0.2) is 11.8 Å². The highest BCUT2D eigenvalue weighted by atomic mass is 16.3. The largest absolute Gasteiger partial charge is 0.459 e. The Bertz CT molecular complexity index is 1010. The summed E-state index contributed by atoms with van der Waals surface area (Å²) < 4.78 is 5.95. The van der Waals surface area contributed by atoms with Gasteiger partial charge in [-0.25, -0.2) is 0 Å². The number of hydrogen-bond donors (Lipinski definition) is 2. The minimum atomic E-state index is -0.493. The topological polar surface area (TPSA) is 71.3 Å². The van der Waals surface area contributed by atoms with E-state index in [4.69, 9.17) is 4.42 Å². The smallest absolute Gasteiger partial charge is 0.228 e. The Balaban J connectivity index is 1.60. The van der Waals surface area contributed by atoms with Gasteiger partial charge in [-0.15, -0.1) is 0 Å². The van der Waals surface area contributed by atoms with Crippen LogP contribution in [0.1, 0.15) is 42.2 Å². The lowest BCUT2D eigenvalue weighted by Crippen LogP contribution is -2.36. The fourth-order valence-corrected chi connectivity index (χ4v) is 3.63. The quantitative estimate of drug-likeness (QED) is 0.750. The molecule has 0 radical (unpaired) electrons. The zero-order valence-electron chi connectivity index (χ0n) is 14.7. The van der Waals surface area contributed by atoms with Gasteiger partial charge in [-0.05, 0) is 31.5 Å². The van der Waals surface area contributed by atoms with Crippen molar-refractivity contribution < 1.29 is 14.0 Å². The molecule has 1 aliphatic rings. The first-order chi connectivity index (χ1) is 12.5. The van der Waals surface area contributed by atoms with E-state index in [0.717, 1.165) is 27.9 Å². The number of rotatable bonds is 3. The first-order valence-electron chi connectivity index (χ1n) is 8.72. The molecule has 0 saturated carbocycles. The molecule has 1 aromatic heterocycles. The van der Waals surface area contributed by atoms with E-state index < -0.39 is 5.92 Å². The van der Waals surface area contributed by atoms with Crippen LogP contribution in [0.5, 0.6) is 0 Å². The fourth-order valence-electron chi connectivity index (χ4n) is 3.63. The Labute approximate surface area is 151 Å². The first kappa shape index (κ1) is 16.4. The van der Waals surface area contributed by atoms with E-state index in [1.54, 1.807) is 0 Å². The number of anilines is 1. The molecule has 2 N–H and O–H groups in total. The maximum Gasteiger partial charge on any atom is 0.228 e. The van der Waals surface area contributed by atoms with Crippen molar-refractivity contribution in [1.29, 1.82) is 0 Å². The molecule has 2 amide bonds. The molecule has 5 nitrogen and oxygen atoms in total. The highest BCUT2D eigenvalue weighted by molar-refractivity contribution is 6.01. The normalized spacial score (nSPS) is 17.5. The number of furan rings is 1. The van der Waals surface area contributed by atoms with Crippen LogP contribution in [0.4, 0.5) is 5.69 Å². The number of aryl methyl sites for hydroxylation is 1. The second-order valence-corrected chi connectivity index (χ2v) is 6.71. The van der Waals surface area contributed by atoms with Crippen LogP contribution in [0, 0.1) is 6.92 Å². The minimum absolute atomic E-state index is 0.142. The average molecular weight is 348 g/mol. The Morgan fingerprint density at radius 1 is 1.19 bits per heavy atom. The zero-order valence-corrected chi connectivity index (χ0v) is 14.7. The number of hydrogen-bond acceptors (Lipinski definition) is 3. The minimum Gasteiger partial charge on any atom is -0.459 e. The molecule has 1 aliphatic heterocycles. The summed E-state index contributed by atoms with van der Waals surface area (Å²) in [6.45, 7) is 3.89. The van der Waals surface area contributed by atoms with E-state index >= 15 is 0 Å². The molecular formula is C21H20N2O3. The lowest BCUT2D eigenvalue weighted by Gasteiger charge is -2.26.